The summed E-state index contributed by atoms with van der Waals surface area (Å²) in [5, 5.41) is 5.51. The minimum absolute atomic E-state index is 0.0771. The number of amides is 2. The van der Waals surface area contributed by atoms with Gasteiger partial charge < -0.3 is 15.1 Å². The molecule has 0 spiro atoms. The maximum absolute atomic E-state index is 11.7. The Bertz CT molecular complexity index is 430. The van der Waals surface area contributed by atoms with Crippen molar-refractivity contribution in [3.05, 3.63) is 23.7 Å². The number of hydrogen-bond acceptors (Lipinski definition) is 3. The molecule has 1 rings (SSSR count). The number of rotatable bonds is 4. The zero-order valence-corrected chi connectivity index (χ0v) is 11.3. The van der Waals surface area contributed by atoms with E-state index in [2.05, 4.69) is 10.6 Å². The molecule has 0 radical (unpaired) electrons. The summed E-state index contributed by atoms with van der Waals surface area (Å²) >= 11 is 0. The zero-order valence-electron chi connectivity index (χ0n) is 11.3. The van der Waals surface area contributed by atoms with Crippen LogP contribution in [0.5, 0.6) is 0 Å². The molecule has 0 fully saturated rings. The van der Waals surface area contributed by atoms with Crippen molar-refractivity contribution in [3.63, 3.8) is 0 Å². The van der Waals surface area contributed by atoms with Gasteiger partial charge in [-0.3, -0.25) is 9.59 Å². The number of furan rings is 1. The molecule has 0 aromatic carbocycles. The third-order valence-corrected chi connectivity index (χ3v) is 2.26. The normalized spacial score (nSPS) is 11.1. The molecule has 0 atom stereocenters. The Morgan fingerprint density at radius 1 is 1.33 bits per heavy atom. The summed E-state index contributed by atoms with van der Waals surface area (Å²) in [6.45, 7) is 7.78. The SMILES string of the molecule is Cc1occc1C(=O)NCCC(=O)NC(C)(C)C. The summed E-state index contributed by atoms with van der Waals surface area (Å²) in [6, 6.07) is 1.61. The first-order valence-corrected chi connectivity index (χ1v) is 5.93. The average molecular weight is 252 g/mol. The van der Waals surface area contributed by atoms with Crippen LogP contribution in [0.2, 0.25) is 0 Å². The Hall–Kier alpha value is -1.78. The van der Waals surface area contributed by atoms with Crippen LogP contribution >= 0.6 is 0 Å². The minimum Gasteiger partial charge on any atom is -0.469 e. The highest BCUT2D eigenvalue weighted by Gasteiger charge is 2.14. The second-order valence-electron chi connectivity index (χ2n) is 5.19. The van der Waals surface area contributed by atoms with E-state index in [-0.39, 0.29) is 23.8 Å². The van der Waals surface area contributed by atoms with Crippen LogP contribution in [0.25, 0.3) is 0 Å². The van der Waals surface area contributed by atoms with E-state index in [1.165, 1.54) is 6.26 Å². The lowest BCUT2D eigenvalue weighted by Crippen LogP contribution is -2.42. The van der Waals surface area contributed by atoms with Crippen molar-refractivity contribution in [1.29, 1.82) is 0 Å². The zero-order chi connectivity index (χ0) is 13.8. The van der Waals surface area contributed by atoms with Gasteiger partial charge in [0, 0.05) is 18.5 Å². The summed E-state index contributed by atoms with van der Waals surface area (Å²) in [6.07, 6.45) is 1.73. The number of nitrogens with one attached hydrogen (secondary N) is 2. The Labute approximate surface area is 107 Å². The molecule has 5 heteroatoms. The number of hydrogen-bond donors (Lipinski definition) is 2. The van der Waals surface area contributed by atoms with E-state index in [4.69, 9.17) is 4.42 Å². The molecule has 0 saturated carbocycles. The van der Waals surface area contributed by atoms with Crippen molar-refractivity contribution in [3.8, 4) is 0 Å². The van der Waals surface area contributed by atoms with E-state index in [0.29, 0.717) is 17.9 Å². The fraction of sp³-hybridized carbons (Fsp3) is 0.538. The number of carbonyl (C=O) groups is 2. The lowest BCUT2D eigenvalue weighted by Gasteiger charge is -2.20. The molecule has 0 bridgehead atoms. The second kappa shape index (κ2) is 5.71. The van der Waals surface area contributed by atoms with Gasteiger partial charge >= 0.3 is 0 Å². The summed E-state index contributed by atoms with van der Waals surface area (Å²) in [7, 11) is 0. The molecular formula is C13H20N2O3. The molecule has 0 saturated heterocycles. The highest BCUT2D eigenvalue weighted by molar-refractivity contribution is 5.95. The van der Waals surface area contributed by atoms with E-state index in [1.54, 1.807) is 13.0 Å². The van der Waals surface area contributed by atoms with Gasteiger partial charge in [-0.1, -0.05) is 0 Å². The number of aryl methyl sites for hydroxylation is 1. The smallest absolute Gasteiger partial charge is 0.254 e. The van der Waals surface area contributed by atoms with Crippen molar-refractivity contribution in [2.75, 3.05) is 6.54 Å². The largest absolute Gasteiger partial charge is 0.469 e. The van der Waals surface area contributed by atoms with Gasteiger partial charge in [0.1, 0.15) is 5.76 Å². The monoisotopic (exact) mass is 252 g/mol. The van der Waals surface area contributed by atoms with E-state index in [1.807, 2.05) is 20.8 Å². The minimum atomic E-state index is -0.248. The van der Waals surface area contributed by atoms with E-state index >= 15 is 0 Å². The second-order valence-corrected chi connectivity index (χ2v) is 5.19. The first-order chi connectivity index (χ1) is 8.29. The van der Waals surface area contributed by atoms with Crippen LogP contribution in [0.3, 0.4) is 0 Å². The van der Waals surface area contributed by atoms with E-state index in [9.17, 15) is 9.59 Å². The van der Waals surface area contributed by atoms with Gasteiger partial charge in [-0.05, 0) is 33.8 Å². The summed E-state index contributed by atoms with van der Waals surface area (Å²) in [4.78, 5) is 23.2. The topological polar surface area (TPSA) is 71.3 Å². The van der Waals surface area contributed by atoms with Gasteiger partial charge in [-0.2, -0.15) is 0 Å². The predicted molar refractivity (Wildman–Crippen MR) is 68.3 cm³/mol. The van der Waals surface area contributed by atoms with Crippen molar-refractivity contribution >= 4 is 11.8 Å². The molecular weight excluding hydrogens is 232 g/mol. The van der Waals surface area contributed by atoms with Gasteiger partial charge in [0.25, 0.3) is 5.91 Å². The molecule has 1 heterocycles. The fourth-order valence-corrected chi connectivity index (χ4v) is 1.49. The van der Waals surface area contributed by atoms with Gasteiger partial charge in [0.05, 0.1) is 11.8 Å². The Balaban J connectivity index is 2.33. The number of carbonyl (C=O) groups excluding carboxylic acids is 2. The van der Waals surface area contributed by atoms with Crippen LogP contribution in [0.4, 0.5) is 0 Å². The average Bonchev–Trinajstić information content (AvgIpc) is 2.61. The highest BCUT2D eigenvalue weighted by Crippen LogP contribution is 2.07. The third-order valence-electron chi connectivity index (χ3n) is 2.26. The van der Waals surface area contributed by atoms with Crippen molar-refractivity contribution < 1.29 is 14.0 Å². The van der Waals surface area contributed by atoms with E-state index < -0.39 is 0 Å². The molecule has 0 aliphatic carbocycles. The molecule has 1 aromatic rings. The van der Waals surface area contributed by atoms with Crippen LogP contribution in [0, 0.1) is 6.92 Å². The molecule has 1 aromatic heterocycles. The quantitative estimate of drug-likeness (QED) is 0.855. The predicted octanol–water partition coefficient (Wildman–Crippen LogP) is 1.62. The fourth-order valence-electron chi connectivity index (χ4n) is 1.49. The van der Waals surface area contributed by atoms with Gasteiger partial charge in [0.15, 0.2) is 0 Å². The Morgan fingerprint density at radius 3 is 2.50 bits per heavy atom. The first kappa shape index (κ1) is 14.3. The molecule has 0 aliphatic heterocycles. The maximum atomic E-state index is 11.7. The van der Waals surface area contributed by atoms with Crippen molar-refractivity contribution in [1.82, 2.24) is 10.6 Å². The van der Waals surface area contributed by atoms with Gasteiger partial charge in [-0.25, -0.2) is 0 Å². The summed E-state index contributed by atoms with van der Waals surface area (Å²) in [5.74, 6) is 0.281. The molecule has 18 heavy (non-hydrogen) atoms. The molecule has 2 amide bonds. The molecule has 0 aliphatic rings. The van der Waals surface area contributed by atoms with Gasteiger partial charge in [-0.15, -0.1) is 0 Å². The third kappa shape index (κ3) is 4.61. The van der Waals surface area contributed by atoms with Crippen molar-refractivity contribution in [2.24, 2.45) is 0 Å². The van der Waals surface area contributed by atoms with Crippen molar-refractivity contribution in [2.45, 2.75) is 39.7 Å². The Morgan fingerprint density at radius 2 is 2.00 bits per heavy atom. The van der Waals surface area contributed by atoms with Crippen LogP contribution in [0.1, 0.15) is 43.3 Å². The van der Waals surface area contributed by atoms with Crippen LogP contribution in [-0.4, -0.2) is 23.9 Å². The van der Waals surface area contributed by atoms with E-state index in [0.717, 1.165) is 0 Å². The molecule has 0 unspecified atom stereocenters. The van der Waals surface area contributed by atoms with Gasteiger partial charge in [0.2, 0.25) is 5.91 Å². The van der Waals surface area contributed by atoms with Crippen LogP contribution < -0.4 is 10.6 Å². The highest BCUT2D eigenvalue weighted by atomic mass is 16.3. The summed E-state index contributed by atoms with van der Waals surface area (Å²) in [5.41, 5.74) is 0.258. The molecule has 2 N–H and O–H groups in total. The standard InChI is InChI=1S/C13H20N2O3/c1-9-10(6-8-18-9)12(17)14-7-5-11(16)15-13(2,3)4/h6,8H,5,7H2,1-4H3,(H,14,17)(H,15,16). The first-order valence-electron chi connectivity index (χ1n) is 5.93. The van der Waals surface area contributed by atoms with Crippen LogP contribution in [-0.2, 0) is 4.79 Å². The molecule has 100 valence electrons. The molecule has 5 nitrogen and oxygen atoms in total. The van der Waals surface area contributed by atoms with Crippen LogP contribution in [0.15, 0.2) is 16.7 Å². The lowest BCUT2D eigenvalue weighted by atomic mass is 10.1. The summed E-state index contributed by atoms with van der Waals surface area (Å²) < 4.78 is 5.04. The maximum Gasteiger partial charge on any atom is 0.254 e. The Kier molecular flexibility index (Phi) is 4.53. The lowest BCUT2D eigenvalue weighted by molar-refractivity contribution is -0.122.